The molecule has 1 aromatic heterocycles. The lowest BCUT2D eigenvalue weighted by Gasteiger charge is -2.26. The average Bonchev–Trinajstić information content (AvgIpc) is 2.75. The summed E-state index contributed by atoms with van der Waals surface area (Å²) in [4.78, 5) is 9.24. The van der Waals surface area contributed by atoms with E-state index in [2.05, 4.69) is 28.9 Å². The van der Waals surface area contributed by atoms with Crippen LogP contribution in [0.1, 0.15) is 18.5 Å². The lowest BCUT2D eigenvalue weighted by atomic mass is 10.2. The Morgan fingerprint density at radius 3 is 2.94 bits per heavy atom. The van der Waals surface area contributed by atoms with E-state index in [1.165, 1.54) is 19.4 Å². The van der Waals surface area contributed by atoms with Crippen molar-refractivity contribution < 1.29 is 0 Å². The number of nitrogen functional groups attached to an aromatic ring is 1. The fourth-order valence-electron chi connectivity index (χ4n) is 2.66. The van der Waals surface area contributed by atoms with Gasteiger partial charge in [0.25, 0.3) is 0 Å². The topological polar surface area (TPSA) is 45.4 Å². The molecule has 18 heavy (non-hydrogen) atoms. The summed E-state index contributed by atoms with van der Waals surface area (Å²) in [6.07, 6.45) is 5.42. The van der Waals surface area contributed by atoms with Crippen LogP contribution in [-0.4, -0.2) is 54.6 Å². The predicted molar refractivity (Wildman–Crippen MR) is 75.5 cm³/mol. The number of nitrogens with two attached hydrogens (primary N) is 1. The molecule has 4 nitrogen and oxygen atoms in total. The van der Waals surface area contributed by atoms with Gasteiger partial charge in [0.1, 0.15) is 0 Å². The number of rotatable bonds is 5. The van der Waals surface area contributed by atoms with Crippen LogP contribution >= 0.6 is 0 Å². The number of nitrogens with zero attached hydrogens (tertiary/aromatic N) is 3. The first-order valence-corrected chi connectivity index (χ1v) is 6.74. The summed E-state index contributed by atoms with van der Waals surface area (Å²) in [7, 11) is 4.30. The molecule has 2 N–H and O–H groups in total. The van der Waals surface area contributed by atoms with Crippen molar-refractivity contribution in [1.29, 1.82) is 0 Å². The second-order valence-electron chi connectivity index (χ2n) is 5.43. The highest BCUT2D eigenvalue weighted by Gasteiger charge is 2.24. The zero-order chi connectivity index (χ0) is 13.0. The van der Waals surface area contributed by atoms with Crippen molar-refractivity contribution in [1.82, 2.24) is 14.8 Å². The van der Waals surface area contributed by atoms with Crippen molar-refractivity contribution in [3.8, 4) is 0 Å². The Labute approximate surface area is 110 Å². The van der Waals surface area contributed by atoms with Crippen LogP contribution < -0.4 is 5.73 Å². The summed E-state index contributed by atoms with van der Waals surface area (Å²) in [5, 5.41) is 0. The molecule has 2 rings (SSSR count). The first-order valence-electron chi connectivity index (χ1n) is 6.74. The number of anilines is 1. The number of hydrogen-bond acceptors (Lipinski definition) is 4. The monoisotopic (exact) mass is 248 g/mol. The number of likely N-dealkylation sites (N-methyl/N-ethyl adjacent to an activating group) is 1. The Hall–Kier alpha value is -1.13. The van der Waals surface area contributed by atoms with Crippen molar-refractivity contribution in [2.45, 2.75) is 25.3 Å². The highest BCUT2D eigenvalue weighted by atomic mass is 15.2. The van der Waals surface area contributed by atoms with E-state index >= 15 is 0 Å². The van der Waals surface area contributed by atoms with Gasteiger partial charge in [0, 0.05) is 31.2 Å². The largest absolute Gasteiger partial charge is 0.397 e. The van der Waals surface area contributed by atoms with E-state index in [1.54, 1.807) is 6.20 Å². The third-order valence-electron chi connectivity index (χ3n) is 3.58. The summed E-state index contributed by atoms with van der Waals surface area (Å²) >= 11 is 0. The lowest BCUT2D eigenvalue weighted by molar-refractivity contribution is 0.209. The highest BCUT2D eigenvalue weighted by Crippen LogP contribution is 2.18. The van der Waals surface area contributed by atoms with Crippen molar-refractivity contribution in [2.24, 2.45) is 0 Å². The zero-order valence-corrected chi connectivity index (χ0v) is 11.5. The van der Waals surface area contributed by atoms with Gasteiger partial charge < -0.3 is 10.6 Å². The van der Waals surface area contributed by atoms with Crippen LogP contribution in [0.3, 0.4) is 0 Å². The van der Waals surface area contributed by atoms with Gasteiger partial charge in [0.15, 0.2) is 0 Å². The molecule has 4 heteroatoms. The van der Waals surface area contributed by atoms with Gasteiger partial charge in [0.05, 0.1) is 11.9 Å². The van der Waals surface area contributed by atoms with E-state index in [0.717, 1.165) is 30.9 Å². The molecule has 0 bridgehead atoms. The van der Waals surface area contributed by atoms with Crippen molar-refractivity contribution in [3.63, 3.8) is 0 Å². The summed E-state index contributed by atoms with van der Waals surface area (Å²) in [5.74, 6) is 0. The third kappa shape index (κ3) is 3.68. The van der Waals surface area contributed by atoms with Crippen LogP contribution in [0.25, 0.3) is 0 Å². The van der Waals surface area contributed by atoms with Gasteiger partial charge in [-0.3, -0.25) is 9.88 Å². The zero-order valence-electron chi connectivity index (χ0n) is 11.5. The molecular formula is C14H24N4. The lowest BCUT2D eigenvalue weighted by Crippen LogP contribution is -2.38. The number of aromatic nitrogens is 1. The molecule has 0 aromatic carbocycles. The Morgan fingerprint density at radius 1 is 1.44 bits per heavy atom. The van der Waals surface area contributed by atoms with Gasteiger partial charge >= 0.3 is 0 Å². The molecule has 1 aromatic rings. The highest BCUT2D eigenvalue weighted by molar-refractivity contribution is 5.34. The van der Waals surface area contributed by atoms with Gasteiger partial charge in [-0.15, -0.1) is 0 Å². The van der Waals surface area contributed by atoms with Crippen LogP contribution in [0.15, 0.2) is 18.3 Å². The second-order valence-corrected chi connectivity index (χ2v) is 5.43. The predicted octanol–water partition coefficient (Wildman–Crippen LogP) is 1.23. The van der Waals surface area contributed by atoms with Gasteiger partial charge in [0.2, 0.25) is 0 Å². The van der Waals surface area contributed by atoms with Crippen molar-refractivity contribution in [2.75, 3.05) is 39.5 Å². The number of hydrogen-bond donors (Lipinski definition) is 1. The fourth-order valence-corrected chi connectivity index (χ4v) is 2.66. The summed E-state index contributed by atoms with van der Waals surface area (Å²) in [5.41, 5.74) is 7.52. The molecule has 1 aliphatic rings. The minimum Gasteiger partial charge on any atom is -0.397 e. The van der Waals surface area contributed by atoms with Gasteiger partial charge in [-0.05, 0) is 45.6 Å². The van der Waals surface area contributed by atoms with E-state index in [9.17, 15) is 0 Å². The summed E-state index contributed by atoms with van der Waals surface area (Å²) < 4.78 is 0. The molecule has 100 valence electrons. The Kier molecular flexibility index (Phi) is 4.55. The van der Waals surface area contributed by atoms with Crippen LogP contribution in [0.2, 0.25) is 0 Å². The van der Waals surface area contributed by atoms with Gasteiger partial charge in [-0.1, -0.05) is 0 Å². The van der Waals surface area contributed by atoms with Gasteiger partial charge in [-0.25, -0.2) is 0 Å². The SMILES string of the molecule is CN(C)CC1CCCN1CCc1ccc(N)cn1. The molecule has 0 aliphatic carbocycles. The van der Waals surface area contributed by atoms with Gasteiger partial charge in [-0.2, -0.15) is 0 Å². The second kappa shape index (κ2) is 6.16. The van der Waals surface area contributed by atoms with E-state index in [0.29, 0.717) is 6.04 Å². The average molecular weight is 248 g/mol. The Bertz CT molecular complexity index is 361. The summed E-state index contributed by atoms with van der Waals surface area (Å²) in [6.45, 7) is 3.50. The maximum atomic E-state index is 5.64. The van der Waals surface area contributed by atoms with Crippen LogP contribution in [-0.2, 0) is 6.42 Å². The Balaban J connectivity index is 1.83. The minimum atomic E-state index is 0.716. The fraction of sp³-hybridized carbons (Fsp3) is 0.643. The third-order valence-corrected chi connectivity index (χ3v) is 3.58. The Morgan fingerprint density at radius 2 is 2.28 bits per heavy atom. The number of likely N-dealkylation sites (tertiary alicyclic amines) is 1. The van der Waals surface area contributed by atoms with E-state index in [-0.39, 0.29) is 0 Å². The first-order chi connectivity index (χ1) is 8.65. The molecule has 1 fully saturated rings. The molecule has 0 amide bonds. The molecule has 1 aliphatic heterocycles. The molecule has 1 atom stereocenters. The van der Waals surface area contributed by atoms with Crippen molar-refractivity contribution in [3.05, 3.63) is 24.0 Å². The quantitative estimate of drug-likeness (QED) is 0.851. The van der Waals surface area contributed by atoms with Crippen LogP contribution in [0.5, 0.6) is 0 Å². The molecule has 1 saturated heterocycles. The molecule has 1 unspecified atom stereocenters. The standard InChI is InChI=1S/C14H24N4/c1-17(2)11-14-4-3-8-18(14)9-7-13-6-5-12(15)10-16-13/h5-6,10,14H,3-4,7-9,11,15H2,1-2H3. The number of pyridine rings is 1. The molecule has 2 heterocycles. The van der Waals surface area contributed by atoms with Crippen molar-refractivity contribution >= 4 is 5.69 Å². The van der Waals surface area contributed by atoms with E-state index < -0.39 is 0 Å². The molecule has 0 radical (unpaired) electrons. The first kappa shape index (κ1) is 13.3. The van der Waals surface area contributed by atoms with E-state index in [1.807, 2.05) is 12.1 Å². The molecular weight excluding hydrogens is 224 g/mol. The smallest absolute Gasteiger partial charge is 0.0501 e. The maximum absolute atomic E-state index is 5.64. The van der Waals surface area contributed by atoms with Crippen LogP contribution in [0.4, 0.5) is 5.69 Å². The van der Waals surface area contributed by atoms with E-state index in [4.69, 9.17) is 5.73 Å². The van der Waals surface area contributed by atoms with Crippen LogP contribution in [0, 0.1) is 0 Å². The maximum Gasteiger partial charge on any atom is 0.0501 e. The molecule has 0 spiro atoms. The summed E-state index contributed by atoms with van der Waals surface area (Å²) in [6, 6.07) is 4.68. The normalized spacial score (nSPS) is 20.7. The molecule has 0 saturated carbocycles. The minimum absolute atomic E-state index is 0.716.